The summed E-state index contributed by atoms with van der Waals surface area (Å²) in [5, 5.41) is 0.251. The van der Waals surface area contributed by atoms with Crippen LogP contribution in [0.2, 0.25) is 5.15 Å². The first-order chi connectivity index (χ1) is 13.4. The molecule has 1 aliphatic heterocycles. The van der Waals surface area contributed by atoms with Gasteiger partial charge in [0, 0.05) is 38.3 Å². The van der Waals surface area contributed by atoms with Gasteiger partial charge in [0.1, 0.15) is 10.0 Å². The van der Waals surface area contributed by atoms with E-state index in [0.717, 1.165) is 5.56 Å². The van der Waals surface area contributed by atoms with Gasteiger partial charge in [0.25, 0.3) is 0 Å². The molecule has 28 heavy (non-hydrogen) atoms. The van der Waals surface area contributed by atoms with E-state index in [1.807, 2.05) is 42.2 Å². The number of pyridine rings is 1. The predicted octanol–water partition coefficient (Wildman–Crippen LogP) is 3.18. The Balaban J connectivity index is 1.62. The lowest BCUT2D eigenvalue weighted by atomic mass is 9.96. The molecule has 2 heterocycles. The van der Waals surface area contributed by atoms with Gasteiger partial charge in [-0.05, 0) is 37.5 Å². The standard InChI is InChI=1S/C20H24ClN3O3S/c1-2-23(15-16-6-4-3-5-7-16)20(25)17-10-12-24(13-11-17)28(26,27)18-8-9-19(21)22-14-18/h3-9,14,17H,2,10-13,15H2,1H3. The molecule has 1 aromatic carbocycles. The van der Waals surface area contributed by atoms with Crippen molar-refractivity contribution >= 4 is 27.5 Å². The third-order valence-electron chi connectivity index (χ3n) is 5.05. The number of aromatic nitrogens is 1. The lowest BCUT2D eigenvalue weighted by molar-refractivity contribution is -0.137. The lowest BCUT2D eigenvalue weighted by Gasteiger charge is -2.33. The molecule has 0 unspecified atom stereocenters. The molecule has 1 amide bonds. The number of rotatable bonds is 6. The normalized spacial score (nSPS) is 16.1. The second-order valence-electron chi connectivity index (χ2n) is 6.83. The molecule has 1 aromatic heterocycles. The van der Waals surface area contributed by atoms with Crippen LogP contribution in [0.5, 0.6) is 0 Å². The minimum atomic E-state index is -3.61. The van der Waals surface area contributed by atoms with E-state index in [9.17, 15) is 13.2 Å². The minimum absolute atomic E-state index is 0.0940. The molecule has 8 heteroatoms. The predicted molar refractivity (Wildman–Crippen MR) is 108 cm³/mol. The van der Waals surface area contributed by atoms with Gasteiger partial charge in [-0.3, -0.25) is 4.79 Å². The number of carbonyl (C=O) groups is 1. The number of halogens is 1. The van der Waals surface area contributed by atoms with Crippen molar-refractivity contribution in [2.24, 2.45) is 5.92 Å². The largest absolute Gasteiger partial charge is 0.338 e. The average molecular weight is 422 g/mol. The minimum Gasteiger partial charge on any atom is -0.338 e. The first-order valence-electron chi connectivity index (χ1n) is 9.36. The van der Waals surface area contributed by atoms with Crippen molar-refractivity contribution in [3.63, 3.8) is 0 Å². The van der Waals surface area contributed by atoms with Gasteiger partial charge in [-0.1, -0.05) is 41.9 Å². The molecule has 3 rings (SSSR count). The molecular weight excluding hydrogens is 398 g/mol. The first-order valence-corrected chi connectivity index (χ1v) is 11.2. The highest BCUT2D eigenvalue weighted by atomic mass is 35.5. The Labute approximate surface area is 171 Å². The van der Waals surface area contributed by atoms with Crippen LogP contribution < -0.4 is 0 Å². The number of hydrogen-bond donors (Lipinski definition) is 0. The Morgan fingerprint density at radius 3 is 2.43 bits per heavy atom. The monoisotopic (exact) mass is 421 g/mol. The zero-order chi connectivity index (χ0) is 20.1. The molecule has 0 saturated carbocycles. The molecular formula is C20H24ClN3O3S. The van der Waals surface area contributed by atoms with Crippen molar-refractivity contribution in [1.82, 2.24) is 14.2 Å². The van der Waals surface area contributed by atoms with Gasteiger partial charge < -0.3 is 4.90 Å². The fraction of sp³-hybridized carbons (Fsp3) is 0.400. The van der Waals surface area contributed by atoms with Crippen molar-refractivity contribution in [3.05, 3.63) is 59.4 Å². The third kappa shape index (κ3) is 4.71. The zero-order valence-electron chi connectivity index (χ0n) is 15.8. The molecule has 0 spiro atoms. The summed E-state index contributed by atoms with van der Waals surface area (Å²) in [4.78, 5) is 18.8. The average Bonchev–Trinajstić information content (AvgIpc) is 2.72. The highest BCUT2D eigenvalue weighted by Gasteiger charge is 2.33. The van der Waals surface area contributed by atoms with Crippen molar-refractivity contribution in [3.8, 4) is 0 Å². The Kier molecular flexibility index (Phi) is 6.69. The van der Waals surface area contributed by atoms with Crippen molar-refractivity contribution in [2.45, 2.75) is 31.2 Å². The van der Waals surface area contributed by atoms with Crippen LogP contribution >= 0.6 is 11.6 Å². The summed E-state index contributed by atoms with van der Waals surface area (Å²) in [5.41, 5.74) is 1.09. The second kappa shape index (κ2) is 9.03. The number of amides is 1. The number of hydrogen-bond acceptors (Lipinski definition) is 4. The molecule has 150 valence electrons. The van der Waals surface area contributed by atoms with Crippen molar-refractivity contribution in [1.29, 1.82) is 0 Å². The third-order valence-corrected chi connectivity index (χ3v) is 7.16. The van der Waals surface area contributed by atoms with Crippen LogP contribution in [0.15, 0.2) is 53.6 Å². The molecule has 6 nitrogen and oxygen atoms in total. The maximum absolute atomic E-state index is 12.9. The van der Waals surface area contributed by atoms with Crippen LogP contribution in [0, 0.1) is 5.92 Å². The van der Waals surface area contributed by atoms with Gasteiger partial charge in [-0.2, -0.15) is 4.31 Å². The van der Waals surface area contributed by atoms with E-state index in [-0.39, 0.29) is 21.9 Å². The van der Waals surface area contributed by atoms with Crippen LogP contribution in [0.4, 0.5) is 0 Å². The van der Waals surface area contributed by atoms with E-state index in [0.29, 0.717) is 39.0 Å². The summed E-state index contributed by atoms with van der Waals surface area (Å²) in [6.45, 7) is 3.82. The molecule has 0 aliphatic carbocycles. The smallest absolute Gasteiger partial charge is 0.244 e. The topological polar surface area (TPSA) is 70.6 Å². The molecule has 0 atom stereocenters. The molecule has 0 bridgehead atoms. The van der Waals surface area contributed by atoms with Gasteiger partial charge in [0.2, 0.25) is 15.9 Å². The summed E-state index contributed by atoms with van der Waals surface area (Å²) in [7, 11) is -3.61. The second-order valence-corrected chi connectivity index (χ2v) is 9.16. The SMILES string of the molecule is CCN(Cc1ccccc1)C(=O)C1CCN(S(=O)(=O)c2ccc(Cl)nc2)CC1. The van der Waals surface area contributed by atoms with Crippen molar-refractivity contribution < 1.29 is 13.2 Å². The Bertz CT molecular complexity index is 896. The van der Waals surface area contributed by atoms with Crippen LogP contribution in [0.3, 0.4) is 0 Å². The summed E-state index contributed by atoms with van der Waals surface area (Å²) < 4.78 is 26.9. The Morgan fingerprint density at radius 2 is 1.86 bits per heavy atom. The Morgan fingerprint density at radius 1 is 1.18 bits per heavy atom. The summed E-state index contributed by atoms with van der Waals surface area (Å²) in [5.74, 6) is -0.0602. The van der Waals surface area contributed by atoms with Crippen molar-refractivity contribution in [2.75, 3.05) is 19.6 Å². The van der Waals surface area contributed by atoms with Gasteiger partial charge in [0.15, 0.2) is 0 Å². The summed E-state index contributed by atoms with van der Waals surface area (Å²) in [6.07, 6.45) is 2.31. The van der Waals surface area contributed by atoms with Crippen LogP contribution in [0.1, 0.15) is 25.3 Å². The number of sulfonamides is 1. The fourth-order valence-electron chi connectivity index (χ4n) is 3.41. The molecule has 0 radical (unpaired) electrons. The molecule has 1 fully saturated rings. The number of carbonyl (C=O) groups excluding carboxylic acids is 1. The number of nitrogens with zero attached hydrogens (tertiary/aromatic N) is 3. The van der Waals surface area contributed by atoms with Gasteiger partial charge in [-0.25, -0.2) is 13.4 Å². The van der Waals surface area contributed by atoms with E-state index in [1.54, 1.807) is 0 Å². The Hall–Kier alpha value is -1.96. The van der Waals surface area contributed by atoms with Crippen LogP contribution in [-0.2, 0) is 21.4 Å². The number of piperidine rings is 1. The first kappa shape index (κ1) is 20.8. The van der Waals surface area contributed by atoms with E-state index in [2.05, 4.69) is 4.98 Å². The maximum Gasteiger partial charge on any atom is 0.244 e. The number of benzene rings is 1. The van der Waals surface area contributed by atoms with E-state index >= 15 is 0 Å². The fourth-order valence-corrected chi connectivity index (χ4v) is 4.94. The summed E-state index contributed by atoms with van der Waals surface area (Å²) >= 11 is 5.74. The maximum atomic E-state index is 12.9. The van der Waals surface area contributed by atoms with Gasteiger partial charge in [0.05, 0.1) is 0 Å². The van der Waals surface area contributed by atoms with Gasteiger partial charge in [-0.15, -0.1) is 0 Å². The van der Waals surface area contributed by atoms with E-state index in [4.69, 9.17) is 11.6 Å². The van der Waals surface area contributed by atoms with E-state index in [1.165, 1.54) is 22.6 Å². The van der Waals surface area contributed by atoms with Gasteiger partial charge >= 0.3 is 0 Å². The molecule has 1 saturated heterocycles. The van der Waals surface area contributed by atoms with E-state index < -0.39 is 10.0 Å². The lowest BCUT2D eigenvalue weighted by Crippen LogP contribution is -2.44. The highest BCUT2D eigenvalue weighted by Crippen LogP contribution is 2.25. The van der Waals surface area contributed by atoms with Crippen LogP contribution in [0.25, 0.3) is 0 Å². The quantitative estimate of drug-likeness (QED) is 0.671. The van der Waals surface area contributed by atoms with Crippen LogP contribution in [-0.4, -0.2) is 48.1 Å². The molecule has 2 aromatic rings. The summed E-state index contributed by atoms with van der Waals surface area (Å²) in [6, 6.07) is 12.8. The highest BCUT2D eigenvalue weighted by molar-refractivity contribution is 7.89. The molecule has 1 aliphatic rings. The molecule has 0 N–H and O–H groups in total. The zero-order valence-corrected chi connectivity index (χ0v) is 17.4.